The predicted molar refractivity (Wildman–Crippen MR) is 122 cm³/mol. The van der Waals surface area contributed by atoms with E-state index in [9.17, 15) is 0 Å². The Kier molecular flexibility index (Phi) is 5.29. The van der Waals surface area contributed by atoms with Gasteiger partial charge in [0.2, 0.25) is 5.95 Å². The van der Waals surface area contributed by atoms with Crippen LogP contribution >= 0.6 is 11.3 Å². The molecule has 0 bridgehead atoms. The Hall–Kier alpha value is -2.67. The third-order valence-corrected chi connectivity index (χ3v) is 6.97. The molecular formula is C23H27N5OS. The fourth-order valence-corrected chi connectivity index (χ4v) is 4.84. The van der Waals surface area contributed by atoms with Crippen molar-refractivity contribution in [3.8, 4) is 27.6 Å². The molecule has 2 aromatic heterocycles. The van der Waals surface area contributed by atoms with E-state index in [-0.39, 0.29) is 0 Å². The number of thiazole rings is 1. The standard InChI is InChI=1S/C23H27N5OS/c1-15-10-13-28(14-11-15)23-27-20(16-3-7-18(29-2)8-4-16)21(30-23)19-9-12-24-22(26-19)25-17-5-6-17/h3-4,7-9,12,15,17H,5-6,10-11,13-14H2,1-2H3,(H,24,25,26). The monoisotopic (exact) mass is 421 g/mol. The number of hydrogen-bond donors (Lipinski definition) is 1. The van der Waals surface area contributed by atoms with E-state index in [4.69, 9.17) is 14.7 Å². The summed E-state index contributed by atoms with van der Waals surface area (Å²) in [7, 11) is 1.69. The third kappa shape index (κ3) is 4.12. The molecule has 156 valence electrons. The number of anilines is 2. The van der Waals surface area contributed by atoms with Crippen LogP contribution in [-0.4, -0.2) is 41.2 Å². The summed E-state index contributed by atoms with van der Waals surface area (Å²) < 4.78 is 5.33. The minimum Gasteiger partial charge on any atom is -0.497 e. The number of rotatable bonds is 6. The summed E-state index contributed by atoms with van der Waals surface area (Å²) in [4.78, 5) is 17.8. The quantitative estimate of drug-likeness (QED) is 0.598. The highest BCUT2D eigenvalue weighted by molar-refractivity contribution is 7.19. The van der Waals surface area contributed by atoms with Gasteiger partial charge < -0.3 is 15.0 Å². The lowest BCUT2D eigenvalue weighted by molar-refractivity contribution is 0.415. The van der Waals surface area contributed by atoms with Gasteiger partial charge in [-0.25, -0.2) is 15.0 Å². The van der Waals surface area contributed by atoms with E-state index in [1.807, 2.05) is 24.4 Å². The molecular weight excluding hydrogens is 394 g/mol. The second kappa shape index (κ2) is 8.22. The van der Waals surface area contributed by atoms with E-state index in [1.165, 1.54) is 25.7 Å². The Balaban J connectivity index is 1.53. The van der Waals surface area contributed by atoms with Crippen molar-refractivity contribution in [1.82, 2.24) is 15.0 Å². The molecule has 1 saturated heterocycles. The molecule has 5 rings (SSSR count). The molecule has 0 unspecified atom stereocenters. The van der Waals surface area contributed by atoms with Gasteiger partial charge in [0, 0.05) is 30.9 Å². The van der Waals surface area contributed by atoms with Gasteiger partial charge in [-0.15, -0.1) is 0 Å². The summed E-state index contributed by atoms with van der Waals surface area (Å²) >= 11 is 1.73. The molecule has 0 spiro atoms. The van der Waals surface area contributed by atoms with Gasteiger partial charge in [0.25, 0.3) is 0 Å². The van der Waals surface area contributed by atoms with Crippen LogP contribution in [0.15, 0.2) is 36.5 Å². The average Bonchev–Trinajstić information content (AvgIpc) is 3.48. The summed E-state index contributed by atoms with van der Waals surface area (Å²) in [6.45, 7) is 4.46. The SMILES string of the molecule is COc1ccc(-c2nc(N3CCC(C)CC3)sc2-c2ccnc(NC3CC3)n2)cc1. The molecule has 1 saturated carbocycles. The van der Waals surface area contributed by atoms with E-state index in [1.54, 1.807) is 18.4 Å². The first-order chi connectivity index (χ1) is 14.7. The van der Waals surface area contributed by atoms with Gasteiger partial charge in [-0.1, -0.05) is 18.3 Å². The molecule has 0 amide bonds. The van der Waals surface area contributed by atoms with E-state index < -0.39 is 0 Å². The number of aromatic nitrogens is 3. The second-order valence-electron chi connectivity index (χ2n) is 8.26. The Bertz CT molecular complexity index is 1010. The van der Waals surface area contributed by atoms with Gasteiger partial charge >= 0.3 is 0 Å². The number of ether oxygens (including phenoxy) is 1. The van der Waals surface area contributed by atoms with Gasteiger partial charge in [0.1, 0.15) is 5.75 Å². The largest absolute Gasteiger partial charge is 0.497 e. The topological polar surface area (TPSA) is 63.2 Å². The lowest BCUT2D eigenvalue weighted by Crippen LogP contribution is -2.32. The molecule has 7 heteroatoms. The average molecular weight is 422 g/mol. The van der Waals surface area contributed by atoms with Crippen molar-refractivity contribution in [2.45, 2.75) is 38.6 Å². The molecule has 30 heavy (non-hydrogen) atoms. The maximum atomic E-state index is 5.33. The summed E-state index contributed by atoms with van der Waals surface area (Å²) in [5.41, 5.74) is 2.98. The zero-order valence-corrected chi connectivity index (χ0v) is 18.3. The highest BCUT2D eigenvalue weighted by atomic mass is 32.1. The highest BCUT2D eigenvalue weighted by Crippen LogP contribution is 2.41. The molecule has 3 aromatic rings. The van der Waals surface area contributed by atoms with Gasteiger partial charge in [-0.3, -0.25) is 0 Å². The first kappa shape index (κ1) is 19.3. The summed E-state index contributed by atoms with van der Waals surface area (Å²) in [6.07, 6.45) is 6.67. The lowest BCUT2D eigenvalue weighted by atomic mass is 10.00. The molecule has 1 aliphatic heterocycles. The maximum absolute atomic E-state index is 5.33. The summed E-state index contributed by atoms with van der Waals surface area (Å²) in [5.74, 6) is 2.34. The zero-order valence-electron chi connectivity index (χ0n) is 17.5. The molecule has 1 aromatic carbocycles. The Morgan fingerprint density at radius 3 is 2.50 bits per heavy atom. The van der Waals surface area contributed by atoms with E-state index in [0.29, 0.717) is 12.0 Å². The molecule has 2 fully saturated rings. The van der Waals surface area contributed by atoms with Gasteiger partial charge in [-0.05, 0) is 61.9 Å². The molecule has 1 N–H and O–H groups in total. The summed E-state index contributed by atoms with van der Waals surface area (Å²) in [6, 6.07) is 10.6. The fourth-order valence-electron chi connectivity index (χ4n) is 3.73. The van der Waals surface area contributed by atoms with Crippen molar-refractivity contribution >= 4 is 22.4 Å². The van der Waals surface area contributed by atoms with Gasteiger partial charge in [-0.2, -0.15) is 0 Å². The van der Waals surface area contributed by atoms with Crippen LogP contribution in [0.2, 0.25) is 0 Å². The highest BCUT2D eigenvalue weighted by Gasteiger charge is 2.24. The lowest BCUT2D eigenvalue weighted by Gasteiger charge is -2.29. The predicted octanol–water partition coefficient (Wildman–Crippen LogP) is 5.09. The zero-order chi connectivity index (χ0) is 20.5. The number of nitrogens with one attached hydrogen (secondary N) is 1. The van der Waals surface area contributed by atoms with Crippen molar-refractivity contribution in [1.29, 1.82) is 0 Å². The van der Waals surface area contributed by atoms with Crippen LogP contribution in [0.1, 0.15) is 32.6 Å². The number of nitrogens with zero attached hydrogens (tertiary/aromatic N) is 4. The van der Waals surface area contributed by atoms with Crippen LogP contribution in [-0.2, 0) is 0 Å². The molecule has 0 atom stereocenters. The number of hydrogen-bond acceptors (Lipinski definition) is 7. The normalized spacial score (nSPS) is 17.2. The summed E-state index contributed by atoms with van der Waals surface area (Å²) in [5, 5.41) is 4.49. The number of methoxy groups -OCH3 is 1. The van der Waals surface area contributed by atoms with E-state index >= 15 is 0 Å². The van der Waals surface area contributed by atoms with Crippen molar-refractivity contribution in [3.63, 3.8) is 0 Å². The Morgan fingerprint density at radius 2 is 1.80 bits per heavy atom. The van der Waals surface area contributed by atoms with Gasteiger partial charge in [0.15, 0.2) is 5.13 Å². The van der Waals surface area contributed by atoms with Crippen LogP contribution < -0.4 is 15.0 Å². The Morgan fingerprint density at radius 1 is 1.03 bits per heavy atom. The molecule has 3 heterocycles. The van der Waals surface area contributed by atoms with Crippen LogP contribution in [0, 0.1) is 5.92 Å². The minimum atomic E-state index is 0.522. The molecule has 0 radical (unpaired) electrons. The van der Waals surface area contributed by atoms with E-state index in [0.717, 1.165) is 51.7 Å². The molecule has 6 nitrogen and oxygen atoms in total. The van der Waals surface area contributed by atoms with Gasteiger partial charge in [0.05, 0.1) is 23.4 Å². The Labute approximate surface area is 181 Å². The number of benzene rings is 1. The van der Waals surface area contributed by atoms with Crippen molar-refractivity contribution in [2.24, 2.45) is 5.92 Å². The first-order valence-electron chi connectivity index (χ1n) is 10.7. The first-order valence-corrected chi connectivity index (χ1v) is 11.5. The minimum absolute atomic E-state index is 0.522. The molecule has 1 aliphatic carbocycles. The van der Waals surface area contributed by atoms with Crippen LogP contribution in [0.3, 0.4) is 0 Å². The van der Waals surface area contributed by atoms with E-state index in [2.05, 4.69) is 34.3 Å². The maximum Gasteiger partial charge on any atom is 0.223 e. The van der Waals surface area contributed by atoms with Crippen LogP contribution in [0.25, 0.3) is 21.8 Å². The van der Waals surface area contributed by atoms with Crippen molar-refractivity contribution < 1.29 is 4.74 Å². The molecule has 2 aliphatic rings. The van der Waals surface area contributed by atoms with Crippen molar-refractivity contribution in [2.75, 3.05) is 30.4 Å². The van der Waals surface area contributed by atoms with Crippen LogP contribution in [0.4, 0.5) is 11.1 Å². The van der Waals surface area contributed by atoms with Crippen molar-refractivity contribution in [3.05, 3.63) is 36.5 Å². The smallest absolute Gasteiger partial charge is 0.223 e. The third-order valence-electron chi connectivity index (χ3n) is 5.83. The second-order valence-corrected chi connectivity index (χ2v) is 9.23. The van der Waals surface area contributed by atoms with Crippen LogP contribution in [0.5, 0.6) is 5.75 Å². The fraction of sp³-hybridized carbons (Fsp3) is 0.435. The number of piperidine rings is 1.